The Morgan fingerprint density at radius 2 is 1.93 bits per heavy atom. The lowest BCUT2D eigenvalue weighted by atomic mass is 10.2. The summed E-state index contributed by atoms with van der Waals surface area (Å²) in [4.78, 5) is 26.1. The fourth-order valence-electron chi connectivity index (χ4n) is 2.53. The monoisotopic (exact) mass is 423 g/mol. The van der Waals surface area contributed by atoms with E-state index in [1.54, 1.807) is 0 Å². The second-order valence-corrected chi connectivity index (χ2v) is 8.46. The summed E-state index contributed by atoms with van der Waals surface area (Å²) in [6.07, 6.45) is 0. The molecule has 28 heavy (non-hydrogen) atoms. The van der Waals surface area contributed by atoms with Crippen LogP contribution in [0.5, 0.6) is 0 Å². The number of likely N-dealkylation sites (N-methyl/N-ethyl adjacent to an activating group) is 1. The highest BCUT2D eigenvalue weighted by Gasteiger charge is 2.23. The number of aromatic amines is 1. The van der Waals surface area contributed by atoms with Crippen LogP contribution in [0, 0.1) is 5.82 Å². The summed E-state index contributed by atoms with van der Waals surface area (Å²) in [6.45, 7) is -0.457. The number of benzene rings is 2. The van der Waals surface area contributed by atoms with E-state index in [-0.39, 0.29) is 21.2 Å². The molecule has 10 heteroatoms. The molecule has 0 radical (unpaired) electrons. The van der Waals surface area contributed by atoms with Gasteiger partial charge in [0.2, 0.25) is 21.5 Å². The van der Waals surface area contributed by atoms with Gasteiger partial charge in [-0.1, -0.05) is 11.6 Å². The van der Waals surface area contributed by atoms with Gasteiger partial charge in [0.1, 0.15) is 5.82 Å². The van der Waals surface area contributed by atoms with Crippen LogP contribution in [0.4, 0.5) is 10.1 Å². The first-order valence-corrected chi connectivity index (χ1v) is 9.83. The number of nitrogens with one attached hydrogen (secondary N) is 2. The SMILES string of the molecule is CN(CC(=O)Nc1ccc(F)c(Cl)c1)S(=O)(=O)c1ccc2[nH]c(=O)ccc2c1. The highest BCUT2D eigenvalue weighted by Crippen LogP contribution is 2.21. The van der Waals surface area contributed by atoms with Crippen LogP contribution in [0.1, 0.15) is 0 Å². The fourth-order valence-corrected chi connectivity index (χ4v) is 3.88. The number of hydrogen-bond donors (Lipinski definition) is 2. The molecule has 146 valence electrons. The largest absolute Gasteiger partial charge is 0.325 e. The zero-order valence-corrected chi connectivity index (χ0v) is 16.1. The normalized spacial score (nSPS) is 11.7. The van der Waals surface area contributed by atoms with E-state index in [1.165, 1.54) is 49.5 Å². The number of rotatable bonds is 5. The number of nitrogens with zero attached hydrogens (tertiary/aromatic N) is 1. The van der Waals surface area contributed by atoms with Crippen molar-refractivity contribution in [3.63, 3.8) is 0 Å². The Morgan fingerprint density at radius 1 is 1.18 bits per heavy atom. The predicted molar refractivity (Wildman–Crippen MR) is 104 cm³/mol. The Balaban J connectivity index is 1.77. The number of aromatic nitrogens is 1. The second-order valence-electron chi connectivity index (χ2n) is 6.01. The smallest absolute Gasteiger partial charge is 0.248 e. The summed E-state index contributed by atoms with van der Waals surface area (Å²) in [7, 11) is -2.68. The Kier molecular flexibility index (Phi) is 5.50. The topological polar surface area (TPSA) is 99.3 Å². The van der Waals surface area contributed by atoms with Gasteiger partial charge in [-0.3, -0.25) is 9.59 Å². The van der Waals surface area contributed by atoms with Gasteiger partial charge in [0, 0.05) is 24.3 Å². The van der Waals surface area contributed by atoms with Crippen molar-refractivity contribution < 1.29 is 17.6 Å². The maximum atomic E-state index is 13.2. The summed E-state index contributed by atoms with van der Waals surface area (Å²) in [5, 5.41) is 2.85. The van der Waals surface area contributed by atoms with Crippen molar-refractivity contribution in [1.29, 1.82) is 0 Å². The van der Waals surface area contributed by atoms with Crippen molar-refractivity contribution >= 4 is 44.1 Å². The van der Waals surface area contributed by atoms with Gasteiger partial charge < -0.3 is 10.3 Å². The molecule has 2 N–H and O–H groups in total. The highest BCUT2D eigenvalue weighted by molar-refractivity contribution is 7.89. The van der Waals surface area contributed by atoms with Crippen molar-refractivity contribution in [2.24, 2.45) is 0 Å². The third-order valence-electron chi connectivity index (χ3n) is 3.97. The van der Waals surface area contributed by atoms with E-state index in [2.05, 4.69) is 10.3 Å². The van der Waals surface area contributed by atoms with Crippen molar-refractivity contribution in [3.05, 3.63) is 69.7 Å². The van der Waals surface area contributed by atoms with Gasteiger partial charge in [-0.05, 0) is 47.9 Å². The molecule has 1 amide bonds. The van der Waals surface area contributed by atoms with E-state index < -0.39 is 28.3 Å². The third-order valence-corrected chi connectivity index (χ3v) is 6.06. The average Bonchev–Trinajstić information content (AvgIpc) is 2.64. The van der Waals surface area contributed by atoms with Crippen LogP contribution in [0.15, 0.2) is 58.2 Å². The van der Waals surface area contributed by atoms with E-state index in [1.807, 2.05) is 0 Å². The van der Waals surface area contributed by atoms with E-state index >= 15 is 0 Å². The number of carbonyl (C=O) groups is 1. The molecule has 0 atom stereocenters. The molecule has 0 aliphatic rings. The minimum Gasteiger partial charge on any atom is -0.325 e. The van der Waals surface area contributed by atoms with Gasteiger partial charge in [-0.15, -0.1) is 0 Å². The van der Waals surface area contributed by atoms with Crippen LogP contribution < -0.4 is 10.9 Å². The molecule has 0 unspecified atom stereocenters. The molecule has 0 aliphatic carbocycles. The molecule has 0 fully saturated rings. The van der Waals surface area contributed by atoms with Crippen LogP contribution in [0.25, 0.3) is 10.9 Å². The fraction of sp³-hybridized carbons (Fsp3) is 0.111. The maximum Gasteiger partial charge on any atom is 0.248 e. The van der Waals surface area contributed by atoms with Crippen molar-refractivity contribution in [2.45, 2.75) is 4.90 Å². The molecule has 0 aliphatic heterocycles. The minimum absolute atomic E-state index is 0.0211. The number of pyridine rings is 1. The summed E-state index contributed by atoms with van der Waals surface area (Å²) < 4.78 is 39.5. The molecule has 0 saturated heterocycles. The van der Waals surface area contributed by atoms with Crippen LogP contribution in [-0.2, 0) is 14.8 Å². The summed E-state index contributed by atoms with van der Waals surface area (Å²) in [5.74, 6) is -1.24. The van der Waals surface area contributed by atoms with E-state index in [0.717, 1.165) is 10.4 Å². The molecule has 3 rings (SSSR count). The average molecular weight is 424 g/mol. The minimum atomic E-state index is -3.95. The molecule has 0 spiro atoms. The Morgan fingerprint density at radius 3 is 2.64 bits per heavy atom. The lowest BCUT2D eigenvalue weighted by molar-refractivity contribution is -0.116. The Labute approximate surface area is 164 Å². The van der Waals surface area contributed by atoms with Gasteiger partial charge in [0.15, 0.2) is 0 Å². The number of carbonyl (C=O) groups excluding carboxylic acids is 1. The van der Waals surface area contributed by atoms with Crippen molar-refractivity contribution in [2.75, 3.05) is 18.9 Å². The summed E-state index contributed by atoms with van der Waals surface area (Å²) in [5.41, 5.74) is 0.453. The third kappa shape index (κ3) is 4.22. The van der Waals surface area contributed by atoms with Crippen LogP contribution >= 0.6 is 11.6 Å². The number of H-pyrrole nitrogens is 1. The first-order valence-electron chi connectivity index (χ1n) is 8.01. The first kappa shape index (κ1) is 20.0. The van der Waals surface area contributed by atoms with Gasteiger partial charge in [0.25, 0.3) is 0 Å². The second kappa shape index (κ2) is 7.70. The predicted octanol–water partition coefficient (Wildman–Crippen LogP) is 2.58. The van der Waals surface area contributed by atoms with Gasteiger partial charge in [-0.25, -0.2) is 12.8 Å². The number of hydrogen-bond acceptors (Lipinski definition) is 4. The molecule has 7 nitrogen and oxygen atoms in total. The van der Waals surface area contributed by atoms with E-state index in [0.29, 0.717) is 10.9 Å². The molecule has 2 aromatic carbocycles. The lowest BCUT2D eigenvalue weighted by Crippen LogP contribution is -2.35. The molecule has 1 heterocycles. The molecule has 0 bridgehead atoms. The van der Waals surface area contributed by atoms with E-state index in [9.17, 15) is 22.4 Å². The van der Waals surface area contributed by atoms with Crippen molar-refractivity contribution in [3.8, 4) is 0 Å². The molecule has 0 saturated carbocycles. The number of anilines is 1. The van der Waals surface area contributed by atoms with Gasteiger partial charge in [-0.2, -0.15) is 4.31 Å². The standard InChI is InChI=1S/C18H15ClFN3O4S/c1-23(10-18(25)21-12-3-5-15(20)14(19)9-12)28(26,27)13-4-6-16-11(8-13)2-7-17(24)22-16/h2-9H,10H2,1H3,(H,21,25)(H,22,24). The Hall–Kier alpha value is -2.75. The molecule has 3 aromatic rings. The first-order chi connectivity index (χ1) is 13.2. The van der Waals surface area contributed by atoms with Gasteiger partial charge >= 0.3 is 0 Å². The molecular formula is C18H15ClFN3O4S. The molecule has 1 aromatic heterocycles. The van der Waals surface area contributed by atoms with Crippen LogP contribution in [-0.4, -0.2) is 37.2 Å². The highest BCUT2D eigenvalue weighted by atomic mass is 35.5. The number of halogens is 2. The zero-order chi connectivity index (χ0) is 20.5. The number of amides is 1. The van der Waals surface area contributed by atoms with E-state index in [4.69, 9.17) is 11.6 Å². The number of fused-ring (bicyclic) bond motifs is 1. The molecular weight excluding hydrogens is 409 g/mol. The lowest BCUT2D eigenvalue weighted by Gasteiger charge is -2.17. The van der Waals surface area contributed by atoms with Crippen molar-refractivity contribution in [1.82, 2.24) is 9.29 Å². The van der Waals surface area contributed by atoms with Crippen LogP contribution in [0.2, 0.25) is 5.02 Å². The number of sulfonamides is 1. The van der Waals surface area contributed by atoms with Gasteiger partial charge in [0.05, 0.1) is 16.5 Å². The van der Waals surface area contributed by atoms with Crippen LogP contribution in [0.3, 0.4) is 0 Å². The summed E-state index contributed by atoms with van der Waals surface area (Å²) in [6, 6.07) is 10.7. The summed E-state index contributed by atoms with van der Waals surface area (Å²) >= 11 is 5.66. The maximum absolute atomic E-state index is 13.2. The zero-order valence-electron chi connectivity index (χ0n) is 14.6. The quantitative estimate of drug-likeness (QED) is 0.658. The Bertz CT molecular complexity index is 1230.